The van der Waals surface area contributed by atoms with Crippen LogP contribution in [0.15, 0.2) is 28.7 Å². The number of rotatable bonds is 6. The summed E-state index contributed by atoms with van der Waals surface area (Å²) < 4.78 is 16.5. The molecular weight excluding hydrogens is 456 g/mol. The van der Waals surface area contributed by atoms with Crippen molar-refractivity contribution in [1.29, 1.82) is 0 Å². The van der Waals surface area contributed by atoms with Crippen LogP contribution in [0.4, 0.5) is 5.69 Å². The standard InChI is InChI=1S/C26H34N2O5.ClH/c29-25(24-21(8-11-27-24)18-4-2-1-3-5-18)28-20-6-7-22-19(14-20)15-23(33-22)26(30)32-16-17-9-12-31-13-10-17;/h6-7,14-15,17-18,21,24,27H,1-5,8-13,16H2,(H,28,29);1H/t21-,24-;/m0./s1. The lowest BCUT2D eigenvalue weighted by Gasteiger charge is -2.30. The predicted molar refractivity (Wildman–Crippen MR) is 132 cm³/mol. The first-order valence-corrected chi connectivity index (χ1v) is 12.5. The summed E-state index contributed by atoms with van der Waals surface area (Å²) in [4.78, 5) is 25.5. The van der Waals surface area contributed by atoms with Gasteiger partial charge in [-0.15, -0.1) is 12.4 Å². The molecule has 2 saturated heterocycles. The van der Waals surface area contributed by atoms with E-state index >= 15 is 0 Å². The molecule has 0 radical (unpaired) electrons. The summed E-state index contributed by atoms with van der Waals surface area (Å²) in [7, 11) is 0. The molecule has 3 fully saturated rings. The first-order chi connectivity index (χ1) is 16.2. The van der Waals surface area contributed by atoms with Gasteiger partial charge in [-0.2, -0.15) is 0 Å². The summed E-state index contributed by atoms with van der Waals surface area (Å²) in [6, 6.07) is 7.03. The smallest absolute Gasteiger partial charge is 0.374 e. The summed E-state index contributed by atoms with van der Waals surface area (Å²) in [5.74, 6) is 1.18. The number of ether oxygens (including phenoxy) is 2. The minimum Gasteiger partial charge on any atom is -0.460 e. The second kappa shape index (κ2) is 11.6. The van der Waals surface area contributed by atoms with Gasteiger partial charge >= 0.3 is 5.97 Å². The third-order valence-corrected chi connectivity index (χ3v) is 7.58. The number of nitrogens with one attached hydrogen (secondary N) is 2. The van der Waals surface area contributed by atoms with Gasteiger partial charge in [0.2, 0.25) is 11.7 Å². The predicted octanol–water partition coefficient (Wildman–Crippen LogP) is 4.93. The molecule has 1 saturated carbocycles. The number of hydrogen-bond donors (Lipinski definition) is 2. The van der Waals surface area contributed by atoms with Gasteiger partial charge in [0.1, 0.15) is 5.58 Å². The first kappa shape index (κ1) is 25.0. The number of benzene rings is 1. The summed E-state index contributed by atoms with van der Waals surface area (Å²) in [6.07, 6.45) is 9.27. The Morgan fingerprint density at radius 2 is 1.82 bits per heavy atom. The Morgan fingerprint density at radius 3 is 2.62 bits per heavy atom. The molecule has 2 aliphatic heterocycles. The van der Waals surface area contributed by atoms with Gasteiger partial charge in [0.25, 0.3) is 0 Å². The van der Waals surface area contributed by atoms with E-state index in [2.05, 4.69) is 10.6 Å². The second-order valence-corrected chi connectivity index (χ2v) is 9.79. The third kappa shape index (κ3) is 5.75. The molecule has 2 aromatic rings. The number of hydrogen-bond acceptors (Lipinski definition) is 6. The molecule has 0 unspecified atom stereocenters. The van der Waals surface area contributed by atoms with Gasteiger partial charge in [-0.05, 0) is 67.8 Å². The molecule has 1 aromatic heterocycles. The van der Waals surface area contributed by atoms with Gasteiger partial charge < -0.3 is 24.5 Å². The Balaban J connectivity index is 0.00000274. The Kier molecular flexibility index (Phi) is 8.51. The molecule has 1 aromatic carbocycles. The SMILES string of the molecule is Cl.O=C(OCC1CCOCC1)c1cc2cc(NC(=O)[C@H]3NCC[C@H]3C3CCCCC3)ccc2o1. The molecule has 2 N–H and O–H groups in total. The highest BCUT2D eigenvalue weighted by Gasteiger charge is 2.38. The van der Waals surface area contributed by atoms with E-state index in [9.17, 15) is 9.59 Å². The zero-order valence-electron chi connectivity index (χ0n) is 19.6. The van der Waals surface area contributed by atoms with Crippen LogP contribution in [0.3, 0.4) is 0 Å². The van der Waals surface area contributed by atoms with E-state index in [0.717, 1.165) is 44.4 Å². The lowest BCUT2D eigenvalue weighted by atomic mass is 9.76. The molecule has 3 heterocycles. The van der Waals surface area contributed by atoms with Gasteiger partial charge in [0.05, 0.1) is 12.6 Å². The van der Waals surface area contributed by atoms with Gasteiger partial charge in [0.15, 0.2) is 0 Å². The van der Waals surface area contributed by atoms with Crippen LogP contribution in [-0.2, 0) is 14.3 Å². The van der Waals surface area contributed by atoms with Crippen molar-refractivity contribution in [1.82, 2.24) is 5.32 Å². The Morgan fingerprint density at radius 1 is 1.03 bits per heavy atom. The Bertz CT molecular complexity index is 981. The van der Waals surface area contributed by atoms with Crippen molar-refractivity contribution in [2.24, 2.45) is 17.8 Å². The lowest BCUT2D eigenvalue weighted by Crippen LogP contribution is -2.42. The third-order valence-electron chi connectivity index (χ3n) is 7.58. The van der Waals surface area contributed by atoms with Crippen molar-refractivity contribution in [3.63, 3.8) is 0 Å². The molecule has 1 aliphatic carbocycles. The highest BCUT2D eigenvalue weighted by atomic mass is 35.5. The zero-order chi connectivity index (χ0) is 22.6. The molecule has 1 amide bonds. The average molecular weight is 491 g/mol. The number of carbonyl (C=O) groups excluding carboxylic acids is 2. The van der Waals surface area contributed by atoms with Gasteiger partial charge in [-0.3, -0.25) is 4.79 Å². The van der Waals surface area contributed by atoms with Crippen LogP contribution >= 0.6 is 12.4 Å². The van der Waals surface area contributed by atoms with Crippen LogP contribution in [0.1, 0.15) is 61.9 Å². The molecular formula is C26H35ClN2O5. The monoisotopic (exact) mass is 490 g/mol. The summed E-state index contributed by atoms with van der Waals surface area (Å²) in [5.41, 5.74) is 1.32. The van der Waals surface area contributed by atoms with E-state index in [0.29, 0.717) is 35.6 Å². The fourth-order valence-electron chi connectivity index (χ4n) is 5.70. The van der Waals surface area contributed by atoms with E-state index in [4.69, 9.17) is 13.9 Å². The van der Waals surface area contributed by atoms with Crippen molar-refractivity contribution < 1.29 is 23.5 Å². The largest absolute Gasteiger partial charge is 0.460 e. The quantitative estimate of drug-likeness (QED) is 0.558. The molecule has 8 heteroatoms. The van der Waals surface area contributed by atoms with Crippen LogP contribution in [0, 0.1) is 17.8 Å². The zero-order valence-corrected chi connectivity index (χ0v) is 20.4. The number of fused-ring (bicyclic) bond motifs is 1. The normalized spacial score (nSPS) is 24.0. The first-order valence-electron chi connectivity index (χ1n) is 12.5. The Labute approximate surface area is 206 Å². The minimum absolute atomic E-state index is 0. The van der Waals surface area contributed by atoms with Crippen molar-refractivity contribution in [2.45, 2.75) is 57.4 Å². The highest BCUT2D eigenvalue weighted by Crippen LogP contribution is 2.36. The topological polar surface area (TPSA) is 89.8 Å². The summed E-state index contributed by atoms with van der Waals surface area (Å²) >= 11 is 0. The highest BCUT2D eigenvalue weighted by molar-refractivity contribution is 5.98. The number of esters is 1. The van der Waals surface area contributed by atoms with Crippen molar-refractivity contribution in [3.8, 4) is 0 Å². The molecule has 5 rings (SSSR count). The fourth-order valence-corrected chi connectivity index (χ4v) is 5.70. The number of halogens is 1. The van der Waals surface area contributed by atoms with Gasteiger partial charge in [-0.25, -0.2) is 4.79 Å². The van der Waals surface area contributed by atoms with Gasteiger partial charge in [0, 0.05) is 24.3 Å². The van der Waals surface area contributed by atoms with Gasteiger partial charge in [-0.1, -0.05) is 32.1 Å². The molecule has 7 nitrogen and oxygen atoms in total. The molecule has 3 aliphatic rings. The molecule has 186 valence electrons. The maximum absolute atomic E-state index is 13.1. The molecule has 34 heavy (non-hydrogen) atoms. The minimum atomic E-state index is -0.450. The molecule has 0 spiro atoms. The molecule has 0 bridgehead atoms. The lowest BCUT2D eigenvalue weighted by molar-refractivity contribution is -0.119. The average Bonchev–Trinajstić information content (AvgIpc) is 3.51. The number of carbonyl (C=O) groups is 2. The van der Waals surface area contributed by atoms with Crippen LogP contribution in [0.25, 0.3) is 11.0 Å². The number of furan rings is 1. The van der Waals surface area contributed by atoms with Crippen molar-refractivity contribution in [2.75, 3.05) is 31.7 Å². The van der Waals surface area contributed by atoms with E-state index in [1.807, 2.05) is 12.1 Å². The Hall–Kier alpha value is -2.09. The second-order valence-electron chi connectivity index (χ2n) is 9.79. The van der Waals surface area contributed by atoms with Crippen molar-refractivity contribution in [3.05, 3.63) is 30.0 Å². The maximum Gasteiger partial charge on any atom is 0.374 e. The van der Waals surface area contributed by atoms with E-state index in [-0.39, 0.29) is 30.1 Å². The number of anilines is 1. The van der Waals surface area contributed by atoms with E-state index < -0.39 is 5.97 Å². The summed E-state index contributed by atoms with van der Waals surface area (Å²) in [6.45, 7) is 2.73. The van der Waals surface area contributed by atoms with E-state index in [1.165, 1.54) is 32.1 Å². The van der Waals surface area contributed by atoms with Crippen LogP contribution in [0.5, 0.6) is 0 Å². The fraction of sp³-hybridized carbons (Fsp3) is 0.615. The van der Waals surface area contributed by atoms with Crippen molar-refractivity contribution >= 4 is 40.9 Å². The molecule has 2 atom stereocenters. The number of amides is 1. The van der Waals surface area contributed by atoms with Crippen LogP contribution < -0.4 is 10.6 Å². The summed E-state index contributed by atoms with van der Waals surface area (Å²) in [5, 5.41) is 7.27. The van der Waals surface area contributed by atoms with Crippen LogP contribution in [-0.4, -0.2) is 44.3 Å². The van der Waals surface area contributed by atoms with E-state index in [1.54, 1.807) is 12.1 Å². The maximum atomic E-state index is 13.1. The van der Waals surface area contributed by atoms with Crippen LogP contribution in [0.2, 0.25) is 0 Å².